The van der Waals surface area contributed by atoms with E-state index in [1.54, 1.807) is 0 Å². The van der Waals surface area contributed by atoms with Crippen molar-refractivity contribution >= 4 is 115 Å². The van der Waals surface area contributed by atoms with E-state index in [9.17, 15) is 0 Å². The number of anilines is 10. The number of para-hydroxylation sites is 4. The Balaban J connectivity index is 0.868. The van der Waals surface area contributed by atoms with E-state index < -0.39 is 0 Å². The van der Waals surface area contributed by atoms with E-state index in [-0.39, 0.29) is 18.8 Å². The van der Waals surface area contributed by atoms with Crippen molar-refractivity contribution in [3.05, 3.63) is 254 Å². The smallest absolute Gasteiger partial charge is 0.252 e. The Labute approximate surface area is 516 Å². The normalized spacial score (nSPS) is 20.9. The van der Waals surface area contributed by atoms with Gasteiger partial charge in [-0.05, 0) is 189 Å². The number of rotatable bonds is 7. The van der Waals surface area contributed by atoms with Gasteiger partial charge in [0.1, 0.15) is 0 Å². The fraction of sp³-hybridized carbons (Fsp3) is 0.175. The molecule has 0 N–H and O–H groups in total. The van der Waals surface area contributed by atoms with Crippen molar-refractivity contribution in [2.24, 2.45) is 17.3 Å². The van der Waals surface area contributed by atoms with Gasteiger partial charge in [0.05, 0.1) is 5.69 Å². The van der Waals surface area contributed by atoms with Gasteiger partial charge in [-0.25, -0.2) is 0 Å². The first-order chi connectivity index (χ1) is 42.7. The third-order valence-corrected chi connectivity index (χ3v) is 23.0. The lowest BCUT2D eigenvalue weighted by Crippen LogP contribution is -2.64. The molecule has 416 valence electrons. The molecule has 3 aliphatic carbocycles. The third-order valence-electron chi connectivity index (χ3n) is 21.9. The lowest BCUT2D eigenvalue weighted by molar-refractivity contribution is 0.00224. The summed E-state index contributed by atoms with van der Waals surface area (Å²) >= 11 is 1.99. The molecule has 3 bridgehead atoms. The lowest BCUT2D eigenvalue weighted by atomic mass is 9.31. The summed E-state index contributed by atoms with van der Waals surface area (Å²) < 4.78 is 0. The minimum absolute atomic E-state index is 0.0189. The van der Waals surface area contributed by atoms with Crippen molar-refractivity contribution < 1.29 is 0 Å². The van der Waals surface area contributed by atoms with E-state index >= 15 is 0 Å². The van der Waals surface area contributed by atoms with E-state index in [1.165, 1.54) is 170 Å². The van der Waals surface area contributed by atoms with E-state index in [2.05, 4.69) is 289 Å². The van der Waals surface area contributed by atoms with Gasteiger partial charge in [-0.15, -0.1) is 0 Å². The Morgan fingerprint density at radius 2 is 0.862 bits per heavy atom. The molecule has 0 amide bonds. The first-order valence-corrected chi connectivity index (χ1v) is 32.6. The van der Waals surface area contributed by atoms with E-state index in [1.807, 2.05) is 11.8 Å². The molecule has 4 fully saturated rings. The Kier molecular flexibility index (Phi) is 10.7. The van der Waals surface area contributed by atoms with Crippen LogP contribution in [0.3, 0.4) is 0 Å². The second-order valence-corrected chi connectivity index (χ2v) is 28.3. The zero-order valence-corrected chi connectivity index (χ0v) is 50.2. The predicted octanol–water partition coefficient (Wildman–Crippen LogP) is 16.6. The van der Waals surface area contributed by atoms with Crippen molar-refractivity contribution in [1.29, 1.82) is 0 Å². The zero-order valence-electron chi connectivity index (χ0n) is 49.4. The van der Waals surface area contributed by atoms with Gasteiger partial charge in [0.15, 0.2) is 0 Å². The molecule has 4 unspecified atom stereocenters. The predicted molar refractivity (Wildman–Crippen MR) is 368 cm³/mol. The number of hydrogen-bond donors (Lipinski definition) is 0. The van der Waals surface area contributed by atoms with Crippen LogP contribution in [0.1, 0.15) is 58.4 Å². The molecule has 5 aliphatic heterocycles. The molecule has 11 aromatic carbocycles. The average molecular weight is 1140 g/mol. The summed E-state index contributed by atoms with van der Waals surface area (Å²) in [6.45, 7) is 7.11. The van der Waals surface area contributed by atoms with Crippen LogP contribution in [0, 0.1) is 17.3 Å². The molecule has 87 heavy (non-hydrogen) atoms. The van der Waals surface area contributed by atoms with Crippen molar-refractivity contribution in [3.63, 3.8) is 0 Å². The molecule has 19 rings (SSSR count). The Morgan fingerprint density at radius 1 is 0.379 bits per heavy atom. The number of benzene rings is 11. The molecule has 4 atom stereocenters. The van der Waals surface area contributed by atoms with E-state index in [0.717, 1.165) is 11.8 Å². The minimum atomic E-state index is -0.138. The number of piperidine rings is 1. The average Bonchev–Trinajstić information content (AvgIpc) is 1.69. The highest BCUT2D eigenvalue weighted by Gasteiger charge is 2.69. The molecule has 1 spiro atoms. The fourth-order valence-corrected chi connectivity index (χ4v) is 19.5. The SMILES string of the molecule is CC(C)(C)c1cc2c3c(c1)N(c1c(-c4ccccc4)cc(-c4ccccc4)cc1-c1ccccc1)c1ccccc1B3c1cc3c(cc1S2)N(c1ccccc1)c1cc(N2C4CC5CC6CC2CC56C4)cc2c1B3c1ccccc1N2c1ccccc1. The maximum atomic E-state index is 2.96. The number of hydrogen-bond acceptors (Lipinski definition) is 5. The summed E-state index contributed by atoms with van der Waals surface area (Å²) in [5.41, 5.74) is 29.8. The topological polar surface area (TPSA) is 13.0 Å². The van der Waals surface area contributed by atoms with Crippen LogP contribution in [0.5, 0.6) is 0 Å². The molecule has 4 nitrogen and oxygen atoms in total. The van der Waals surface area contributed by atoms with Gasteiger partial charge in [-0.1, -0.05) is 208 Å². The first kappa shape index (κ1) is 50.3. The third kappa shape index (κ3) is 7.24. The Morgan fingerprint density at radius 3 is 1.43 bits per heavy atom. The maximum absolute atomic E-state index is 2.96. The summed E-state index contributed by atoms with van der Waals surface area (Å²) in [6, 6.07) is 96.4. The van der Waals surface area contributed by atoms with Gasteiger partial charge in [-0.2, -0.15) is 0 Å². The maximum Gasteiger partial charge on any atom is 0.252 e. The molecular weight excluding hydrogens is 1070 g/mol. The van der Waals surface area contributed by atoms with Crippen LogP contribution < -0.4 is 52.4 Å². The van der Waals surface area contributed by atoms with Crippen molar-refractivity contribution in [2.45, 2.75) is 80.2 Å². The van der Waals surface area contributed by atoms with Crippen LogP contribution in [0.25, 0.3) is 33.4 Å². The summed E-state index contributed by atoms with van der Waals surface area (Å²) in [7, 11) is 0. The number of fused-ring (bicyclic) bond motifs is 10. The van der Waals surface area contributed by atoms with Gasteiger partial charge < -0.3 is 19.6 Å². The molecule has 0 aromatic heterocycles. The molecule has 1 saturated heterocycles. The quantitative estimate of drug-likeness (QED) is 0.147. The lowest BCUT2D eigenvalue weighted by Gasteiger charge is -2.49. The van der Waals surface area contributed by atoms with Crippen LogP contribution in [0.15, 0.2) is 259 Å². The van der Waals surface area contributed by atoms with Crippen LogP contribution in [0.2, 0.25) is 0 Å². The van der Waals surface area contributed by atoms with Crippen molar-refractivity contribution in [2.75, 3.05) is 19.6 Å². The summed E-state index contributed by atoms with van der Waals surface area (Å²) in [5, 5.41) is 0. The zero-order chi connectivity index (χ0) is 57.4. The fourth-order valence-electron chi connectivity index (χ4n) is 18.2. The largest absolute Gasteiger partial charge is 0.365 e. The van der Waals surface area contributed by atoms with Crippen LogP contribution in [-0.4, -0.2) is 25.5 Å². The molecule has 3 saturated carbocycles. The van der Waals surface area contributed by atoms with Crippen LogP contribution in [0.4, 0.5) is 56.9 Å². The highest BCUT2D eigenvalue weighted by atomic mass is 32.2. The van der Waals surface area contributed by atoms with Gasteiger partial charge in [0, 0.05) is 84.2 Å². The molecule has 0 radical (unpaired) electrons. The van der Waals surface area contributed by atoms with E-state index in [4.69, 9.17) is 0 Å². The number of nitrogens with zero attached hydrogens (tertiary/aromatic N) is 4. The van der Waals surface area contributed by atoms with Gasteiger partial charge in [0.25, 0.3) is 6.71 Å². The monoisotopic (exact) mass is 1130 g/mol. The standard InChI is InChI=1S/C80H64B2N4S/c1-79(2,3)54-42-71-77-75(43-54)87-74-47-70-66(46-67(74)82(77)65-34-20-22-36-69(65)86(71)78-62(51-25-11-5-12-26-51)37-53(50-23-9-4-10-24-50)38-63(78)52-27-13-6-14-28-52)81-64-33-19-21-35-68(64)84(57-29-15-7-16-30-57)72-44-59(45-73(76(72)81)85(70)58-31-17-8-18-32-58)83-60-40-55-39-56-41-61(83)49-80(55,56)48-60/h4-38,42-47,55-56,60-61H,39-41,48-49H2,1-3H3. The van der Waals surface area contributed by atoms with Gasteiger partial charge >= 0.3 is 0 Å². The Bertz CT molecular complexity index is 4560. The van der Waals surface area contributed by atoms with E-state index in [0.29, 0.717) is 17.5 Å². The summed E-state index contributed by atoms with van der Waals surface area (Å²) in [6.07, 6.45) is 6.86. The van der Waals surface area contributed by atoms with Crippen molar-refractivity contribution in [3.8, 4) is 33.4 Å². The Hall–Kier alpha value is -8.90. The van der Waals surface area contributed by atoms with Gasteiger partial charge in [-0.3, -0.25) is 0 Å². The first-order valence-electron chi connectivity index (χ1n) is 31.8. The van der Waals surface area contributed by atoms with Crippen LogP contribution in [-0.2, 0) is 5.41 Å². The highest BCUT2D eigenvalue weighted by Crippen LogP contribution is 2.73. The molecule has 7 heteroatoms. The molecule has 8 aliphatic rings. The second kappa shape index (κ2) is 18.6. The minimum Gasteiger partial charge on any atom is -0.365 e. The second-order valence-electron chi connectivity index (χ2n) is 27.2. The summed E-state index contributed by atoms with van der Waals surface area (Å²) in [4.78, 5) is 13.6. The van der Waals surface area contributed by atoms with Gasteiger partial charge in [0.2, 0.25) is 6.71 Å². The summed E-state index contributed by atoms with van der Waals surface area (Å²) in [5.74, 6) is 1.80. The molecule has 5 heterocycles. The van der Waals surface area contributed by atoms with Crippen molar-refractivity contribution in [1.82, 2.24) is 0 Å². The highest BCUT2D eigenvalue weighted by molar-refractivity contribution is 8.00. The van der Waals surface area contributed by atoms with Crippen LogP contribution >= 0.6 is 11.8 Å². The molecule has 11 aromatic rings. The molecular formula is C80H64B2N4S.